The van der Waals surface area contributed by atoms with Crippen LogP contribution in [0.2, 0.25) is 0 Å². The lowest BCUT2D eigenvalue weighted by molar-refractivity contribution is -0.384. The molecule has 2 aromatic rings. The van der Waals surface area contributed by atoms with Crippen LogP contribution in [0.5, 0.6) is 0 Å². The van der Waals surface area contributed by atoms with Gasteiger partial charge < -0.3 is 5.32 Å². The van der Waals surface area contributed by atoms with E-state index in [9.17, 15) is 10.1 Å². The van der Waals surface area contributed by atoms with E-state index in [4.69, 9.17) is 0 Å². The number of nitro groups is 1. The molecule has 0 aliphatic heterocycles. The molecule has 0 radical (unpaired) electrons. The number of aryl methyl sites for hydroxylation is 1. The van der Waals surface area contributed by atoms with Crippen LogP contribution in [0.15, 0.2) is 42.6 Å². The first-order valence-electron chi connectivity index (χ1n) is 5.55. The summed E-state index contributed by atoms with van der Waals surface area (Å²) in [6, 6.07) is 11.4. The van der Waals surface area contributed by atoms with E-state index in [1.54, 1.807) is 13.0 Å². The third-order valence-electron chi connectivity index (χ3n) is 2.54. The predicted molar refractivity (Wildman–Crippen MR) is 69.4 cm³/mol. The highest BCUT2D eigenvalue weighted by Crippen LogP contribution is 2.24. The molecule has 0 aliphatic rings. The Labute approximate surface area is 105 Å². The maximum Gasteiger partial charge on any atom is 0.310 e. The largest absolute Gasteiger partial charge is 0.375 e. The van der Waals surface area contributed by atoms with Gasteiger partial charge >= 0.3 is 5.69 Å². The summed E-state index contributed by atoms with van der Waals surface area (Å²) >= 11 is 0. The Kier molecular flexibility index (Phi) is 3.52. The van der Waals surface area contributed by atoms with Crippen LogP contribution in [-0.4, -0.2) is 9.91 Å². The second kappa shape index (κ2) is 5.27. The van der Waals surface area contributed by atoms with Crippen molar-refractivity contribution < 1.29 is 4.92 Å². The van der Waals surface area contributed by atoms with Crippen molar-refractivity contribution >= 4 is 11.4 Å². The van der Waals surface area contributed by atoms with Gasteiger partial charge in [-0.25, -0.2) is 0 Å². The van der Waals surface area contributed by atoms with Crippen LogP contribution in [0.25, 0.3) is 0 Å². The van der Waals surface area contributed by atoms with Crippen LogP contribution in [0.4, 0.5) is 11.4 Å². The minimum Gasteiger partial charge on any atom is -0.375 e. The average Bonchev–Trinajstić information content (AvgIpc) is 2.37. The normalized spacial score (nSPS) is 10.1. The van der Waals surface area contributed by atoms with Gasteiger partial charge in [0.05, 0.1) is 4.92 Å². The van der Waals surface area contributed by atoms with Crippen molar-refractivity contribution in [2.45, 2.75) is 13.5 Å². The third-order valence-corrected chi connectivity index (χ3v) is 2.54. The van der Waals surface area contributed by atoms with Gasteiger partial charge in [-0.05, 0) is 18.6 Å². The van der Waals surface area contributed by atoms with E-state index in [2.05, 4.69) is 10.3 Å². The summed E-state index contributed by atoms with van der Waals surface area (Å²) in [5.41, 5.74) is 2.31. The average molecular weight is 243 g/mol. The Morgan fingerprint density at radius 2 is 2.06 bits per heavy atom. The van der Waals surface area contributed by atoms with Crippen molar-refractivity contribution in [3.8, 4) is 0 Å². The fraction of sp³-hybridized carbons (Fsp3) is 0.154. The Morgan fingerprint density at radius 1 is 1.33 bits per heavy atom. The summed E-state index contributed by atoms with van der Waals surface area (Å²) in [7, 11) is 0. The van der Waals surface area contributed by atoms with Crippen molar-refractivity contribution in [2.24, 2.45) is 0 Å². The number of anilines is 1. The van der Waals surface area contributed by atoms with Gasteiger partial charge in [-0.15, -0.1) is 0 Å². The third kappa shape index (κ3) is 2.82. The molecule has 18 heavy (non-hydrogen) atoms. The molecule has 1 aromatic carbocycles. The van der Waals surface area contributed by atoms with E-state index in [0.29, 0.717) is 12.2 Å². The maximum absolute atomic E-state index is 10.9. The topological polar surface area (TPSA) is 68.1 Å². The lowest BCUT2D eigenvalue weighted by atomic mass is 10.2. The molecule has 0 fully saturated rings. The standard InChI is InChI=1S/C13H13N3O2/c1-10-7-12(13(9-14-10)16(17)18)15-8-11-5-3-2-4-6-11/h2-7,9H,8H2,1H3,(H,14,15). The van der Waals surface area contributed by atoms with Crippen LogP contribution in [0.1, 0.15) is 11.3 Å². The van der Waals surface area contributed by atoms with Crippen molar-refractivity contribution in [3.05, 3.63) is 64.0 Å². The number of hydrogen-bond acceptors (Lipinski definition) is 4. The zero-order valence-electron chi connectivity index (χ0n) is 9.96. The van der Waals surface area contributed by atoms with Crippen molar-refractivity contribution in [1.82, 2.24) is 4.98 Å². The Hall–Kier alpha value is -2.43. The van der Waals surface area contributed by atoms with E-state index in [0.717, 1.165) is 11.3 Å². The first-order chi connectivity index (χ1) is 8.66. The summed E-state index contributed by atoms with van der Waals surface area (Å²) in [6.07, 6.45) is 1.28. The van der Waals surface area contributed by atoms with Crippen molar-refractivity contribution in [3.63, 3.8) is 0 Å². The molecule has 0 saturated carbocycles. The molecule has 0 aliphatic carbocycles. The lowest BCUT2D eigenvalue weighted by Crippen LogP contribution is -2.03. The first kappa shape index (κ1) is 12.0. The molecule has 1 aromatic heterocycles. The fourth-order valence-corrected chi connectivity index (χ4v) is 1.63. The molecule has 5 heteroatoms. The van der Waals surface area contributed by atoms with Crippen LogP contribution in [-0.2, 0) is 6.54 Å². The zero-order chi connectivity index (χ0) is 13.0. The molecule has 1 N–H and O–H groups in total. The predicted octanol–water partition coefficient (Wildman–Crippen LogP) is 2.91. The maximum atomic E-state index is 10.9. The highest BCUT2D eigenvalue weighted by molar-refractivity contribution is 5.60. The molecular weight excluding hydrogens is 230 g/mol. The molecule has 0 unspecified atom stereocenters. The minimum absolute atomic E-state index is 0.00321. The molecule has 0 amide bonds. The van der Waals surface area contributed by atoms with E-state index in [-0.39, 0.29) is 5.69 Å². The van der Waals surface area contributed by atoms with Gasteiger partial charge in [-0.3, -0.25) is 15.1 Å². The van der Waals surface area contributed by atoms with E-state index >= 15 is 0 Å². The summed E-state index contributed by atoms with van der Waals surface area (Å²) in [5, 5.41) is 13.9. The SMILES string of the molecule is Cc1cc(NCc2ccccc2)c([N+](=O)[O-])cn1. The van der Waals surface area contributed by atoms with Gasteiger partial charge in [0.1, 0.15) is 11.9 Å². The smallest absolute Gasteiger partial charge is 0.310 e. The molecule has 0 atom stereocenters. The number of nitrogens with one attached hydrogen (secondary N) is 1. The van der Waals surface area contributed by atoms with E-state index in [1.807, 2.05) is 30.3 Å². The summed E-state index contributed by atoms with van der Waals surface area (Å²) in [5.74, 6) is 0. The van der Waals surface area contributed by atoms with Gasteiger partial charge in [-0.2, -0.15) is 0 Å². The Bertz CT molecular complexity index is 555. The summed E-state index contributed by atoms with van der Waals surface area (Å²) in [6.45, 7) is 2.35. The number of pyridine rings is 1. The van der Waals surface area contributed by atoms with Crippen LogP contribution in [0.3, 0.4) is 0 Å². The number of aromatic nitrogens is 1. The quantitative estimate of drug-likeness (QED) is 0.662. The lowest BCUT2D eigenvalue weighted by Gasteiger charge is -2.07. The number of rotatable bonds is 4. The highest BCUT2D eigenvalue weighted by atomic mass is 16.6. The highest BCUT2D eigenvalue weighted by Gasteiger charge is 2.13. The zero-order valence-corrected chi connectivity index (χ0v) is 9.96. The molecule has 0 bridgehead atoms. The molecule has 5 nitrogen and oxygen atoms in total. The molecule has 92 valence electrons. The summed E-state index contributed by atoms with van der Waals surface area (Å²) < 4.78 is 0. The monoisotopic (exact) mass is 243 g/mol. The fourth-order valence-electron chi connectivity index (χ4n) is 1.63. The summed E-state index contributed by atoms with van der Waals surface area (Å²) in [4.78, 5) is 14.4. The van der Waals surface area contributed by atoms with Gasteiger partial charge in [0.25, 0.3) is 0 Å². The minimum atomic E-state index is -0.431. The van der Waals surface area contributed by atoms with Gasteiger partial charge in [0, 0.05) is 12.2 Å². The molecule has 2 rings (SSSR count). The number of nitrogens with zero attached hydrogens (tertiary/aromatic N) is 2. The number of hydrogen-bond donors (Lipinski definition) is 1. The van der Waals surface area contributed by atoms with Crippen LogP contribution >= 0.6 is 0 Å². The van der Waals surface area contributed by atoms with Crippen LogP contribution in [0, 0.1) is 17.0 Å². The molecule has 0 saturated heterocycles. The van der Waals surface area contributed by atoms with Gasteiger partial charge in [0.2, 0.25) is 0 Å². The molecule has 0 spiro atoms. The van der Waals surface area contributed by atoms with Crippen molar-refractivity contribution in [1.29, 1.82) is 0 Å². The molecule has 1 heterocycles. The van der Waals surface area contributed by atoms with E-state index in [1.165, 1.54) is 6.20 Å². The van der Waals surface area contributed by atoms with E-state index < -0.39 is 4.92 Å². The first-order valence-corrected chi connectivity index (χ1v) is 5.55. The van der Waals surface area contributed by atoms with Crippen LogP contribution < -0.4 is 5.32 Å². The van der Waals surface area contributed by atoms with Gasteiger partial charge in [0.15, 0.2) is 0 Å². The number of benzene rings is 1. The second-order valence-corrected chi connectivity index (χ2v) is 3.94. The Morgan fingerprint density at radius 3 is 2.72 bits per heavy atom. The van der Waals surface area contributed by atoms with Crippen molar-refractivity contribution in [2.75, 3.05) is 5.32 Å². The molecular formula is C13H13N3O2. The van der Waals surface area contributed by atoms with Gasteiger partial charge in [-0.1, -0.05) is 30.3 Å². The second-order valence-electron chi connectivity index (χ2n) is 3.94. The Balaban J connectivity index is 2.18.